The number of aryl methyl sites for hydroxylation is 1. The number of benzene rings is 1. The van der Waals surface area contributed by atoms with E-state index in [0.29, 0.717) is 5.02 Å². The van der Waals surface area contributed by atoms with Gasteiger partial charge in [0.15, 0.2) is 0 Å². The lowest BCUT2D eigenvalue weighted by Crippen LogP contribution is -2.28. The molecule has 1 N–H and O–H groups in total. The molecule has 2 rings (SSSR count). The van der Waals surface area contributed by atoms with Crippen molar-refractivity contribution in [2.75, 3.05) is 19.6 Å². The zero-order chi connectivity index (χ0) is 18.2. The zero-order valence-corrected chi connectivity index (χ0v) is 16.6. The van der Waals surface area contributed by atoms with Gasteiger partial charge in [0.05, 0.1) is 11.0 Å². The number of hydrogen-bond acceptors (Lipinski definition) is 3. The highest BCUT2D eigenvalue weighted by Crippen LogP contribution is 2.24. The van der Waals surface area contributed by atoms with Crippen LogP contribution in [-0.4, -0.2) is 39.2 Å². The summed E-state index contributed by atoms with van der Waals surface area (Å²) in [5, 5.41) is 10.8. The normalized spacial score (nSPS) is 13.0. The molecule has 25 heavy (non-hydrogen) atoms. The molecule has 0 saturated heterocycles. The molecule has 0 radical (unpaired) electrons. The molecular formula is C20H32ClN3O. The first-order chi connectivity index (χ1) is 12.1. The van der Waals surface area contributed by atoms with Crippen molar-refractivity contribution in [1.29, 1.82) is 0 Å². The van der Waals surface area contributed by atoms with E-state index in [1.165, 1.54) is 38.8 Å². The predicted molar refractivity (Wildman–Crippen MR) is 106 cm³/mol. The van der Waals surface area contributed by atoms with Gasteiger partial charge in [0.1, 0.15) is 11.9 Å². The van der Waals surface area contributed by atoms with Crippen LogP contribution in [0.4, 0.5) is 0 Å². The van der Waals surface area contributed by atoms with E-state index in [-0.39, 0.29) is 0 Å². The van der Waals surface area contributed by atoms with Crippen molar-refractivity contribution in [2.24, 2.45) is 0 Å². The van der Waals surface area contributed by atoms with Crippen molar-refractivity contribution in [3.63, 3.8) is 0 Å². The highest BCUT2D eigenvalue weighted by atomic mass is 35.5. The van der Waals surface area contributed by atoms with Crippen LogP contribution in [0.15, 0.2) is 18.2 Å². The van der Waals surface area contributed by atoms with Crippen LogP contribution in [0.5, 0.6) is 0 Å². The molecular weight excluding hydrogens is 334 g/mol. The monoisotopic (exact) mass is 365 g/mol. The summed E-state index contributed by atoms with van der Waals surface area (Å²) in [5.74, 6) is 0.728. The summed E-state index contributed by atoms with van der Waals surface area (Å²) in [5.41, 5.74) is 1.91. The van der Waals surface area contributed by atoms with Gasteiger partial charge >= 0.3 is 0 Å². The smallest absolute Gasteiger partial charge is 0.138 e. The van der Waals surface area contributed by atoms with Crippen molar-refractivity contribution >= 4 is 22.6 Å². The fourth-order valence-electron chi connectivity index (χ4n) is 3.22. The van der Waals surface area contributed by atoms with E-state index in [4.69, 9.17) is 11.6 Å². The van der Waals surface area contributed by atoms with Crippen molar-refractivity contribution < 1.29 is 5.11 Å². The van der Waals surface area contributed by atoms with Crippen LogP contribution in [0.25, 0.3) is 11.0 Å². The zero-order valence-electron chi connectivity index (χ0n) is 15.8. The third-order valence-corrected chi connectivity index (χ3v) is 4.86. The molecule has 4 nitrogen and oxygen atoms in total. The Hall–Kier alpha value is -1.10. The number of halogens is 1. The highest BCUT2D eigenvalue weighted by molar-refractivity contribution is 6.31. The van der Waals surface area contributed by atoms with Crippen LogP contribution in [-0.2, 0) is 6.54 Å². The maximum Gasteiger partial charge on any atom is 0.138 e. The van der Waals surface area contributed by atoms with E-state index in [0.717, 1.165) is 36.4 Å². The molecule has 2 aromatic rings. The third kappa shape index (κ3) is 5.70. The second-order valence-electron chi connectivity index (χ2n) is 6.83. The average Bonchev–Trinajstić information content (AvgIpc) is 2.95. The van der Waals surface area contributed by atoms with E-state index < -0.39 is 6.10 Å². The summed E-state index contributed by atoms with van der Waals surface area (Å²) in [6, 6.07) is 5.72. The lowest BCUT2D eigenvalue weighted by atomic mass is 10.2. The Morgan fingerprint density at radius 1 is 1.12 bits per heavy atom. The lowest BCUT2D eigenvalue weighted by molar-refractivity contribution is 0.183. The van der Waals surface area contributed by atoms with Gasteiger partial charge in [0, 0.05) is 11.6 Å². The molecule has 0 aliphatic heterocycles. The third-order valence-electron chi connectivity index (χ3n) is 4.63. The van der Waals surface area contributed by atoms with E-state index in [2.05, 4.69) is 28.3 Å². The molecule has 1 unspecified atom stereocenters. The molecule has 0 saturated carbocycles. The summed E-state index contributed by atoms with van der Waals surface area (Å²) in [4.78, 5) is 7.16. The molecule has 1 aromatic heterocycles. The molecule has 0 spiro atoms. The summed E-state index contributed by atoms with van der Waals surface area (Å²) in [7, 11) is 0. The van der Waals surface area contributed by atoms with Gasteiger partial charge in [-0.25, -0.2) is 4.98 Å². The highest BCUT2D eigenvalue weighted by Gasteiger charge is 2.15. The number of rotatable bonds is 11. The van der Waals surface area contributed by atoms with Gasteiger partial charge in [-0.1, -0.05) is 38.3 Å². The second-order valence-corrected chi connectivity index (χ2v) is 7.27. The molecule has 0 bridgehead atoms. The quantitative estimate of drug-likeness (QED) is 0.606. The van der Waals surface area contributed by atoms with E-state index >= 15 is 0 Å². The topological polar surface area (TPSA) is 41.3 Å². The molecule has 0 fully saturated rings. The molecule has 1 heterocycles. The first kappa shape index (κ1) is 20.2. The van der Waals surface area contributed by atoms with Gasteiger partial charge in [0.2, 0.25) is 0 Å². The number of aromatic nitrogens is 2. The van der Waals surface area contributed by atoms with Crippen molar-refractivity contribution in [1.82, 2.24) is 14.5 Å². The van der Waals surface area contributed by atoms with Crippen LogP contribution in [0, 0.1) is 0 Å². The SMILES string of the molecule is CCCCN(CCCC)CCCn1c(C(C)O)nc2ccc(Cl)cc21. The summed E-state index contributed by atoms with van der Waals surface area (Å²) >= 11 is 6.17. The molecule has 1 atom stereocenters. The molecule has 1 aromatic carbocycles. The van der Waals surface area contributed by atoms with Crippen molar-refractivity contribution in [3.05, 3.63) is 29.0 Å². The second kappa shape index (κ2) is 10.1. The van der Waals surface area contributed by atoms with Gasteiger partial charge in [0.25, 0.3) is 0 Å². The first-order valence-corrected chi connectivity index (χ1v) is 10.0. The van der Waals surface area contributed by atoms with E-state index in [1.54, 1.807) is 6.92 Å². The fraction of sp³-hybridized carbons (Fsp3) is 0.650. The summed E-state index contributed by atoms with van der Waals surface area (Å²) < 4.78 is 2.13. The van der Waals surface area contributed by atoms with Crippen LogP contribution in [0.1, 0.15) is 64.8 Å². The summed E-state index contributed by atoms with van der Waals surface area (Å²) in [6.45, 7) is 10.6. The van der Waals surface area contributed by atoms with E-state index in [1.807, 2.05) is 18.2 Å². The minimum absolute atomic E-state index is 0.581. The van der Waals surface area contributed by atoms with Gasteiger partial charge in [-0.05, 0) is 64.0 Å². The Balaban J connectivity index is 2.07. The number of unbranched alkanes of at least 4 members (excludes halogenated alkanes) is 2. The number of hydrogen-bond donors (Lipinski definition) is 1. The van der Waals surface area contributed by atoms with Gasteiger partial charge in [-0.2, -0.15) is 0 Å². The number of aliphatic hydroxyl groups is 1. The van der Waals surface area contributed by atoms with Gasteiger partial charge < -0.3 is 14.6 Å². The average molecular weight is 366 g/mol. The predicted octanol–water partition coefficient (Wildman–Crippen LogP) is 5.04. The van der Waals surface area contributed by atoms with Crippen LogP contribution in [0.2, 0.25) is 5.02 Å². The van der Waals surface area contributed by atoms with Crippen LogP contribution < -0.4 is 0 Å². The fourth-order valence-corrected chi connectivity index (χ4v) is 3.39. The van der Waals surface area contributed by atoms with Crippen LogP contribution in [0.3, 0.4) is 0 Å². The van der Waals surface area contributed by atoms with Gasteiger partial charge in [-0.15, -0.1) is 0 Å². The minimum atomic E-state index is -0.581. The Morgan fingerprint density at radius 2 is 1.76 bits per heavy atom. The molecule has 0 aliphatic rings. The number of fused-ring (bicyclic) bond motifs is 1. The first-order valence-electron chi connectivity index (χ1n) is 9.62. The Kier molecular flexibility index (Phi) is 8.20. The Labute approximate surface area is 156 Å². The van der Waals surface area contributed by atoms with Crippen LogP contribution >= 0.6 is 11.6 Å². The van der Waals surface area contributed by atoms with Crippen molar-refractivity contribution in [2.45, 2.75) is 65.5 Å². The molecule has 5 heteroatoms. The molecule has 140 valence electrons. The van der Waals surface area contributed by atoms with E-state index in [9.17, 15) is 5.11 Å². The largest absolute Gasteiger partial charge is 0.385 e. The maximum absolute atomic E-state index is 10.1. The number of aliphatic hydroxyl groups excluding tert-OH is 1. The Morgan fingerprint density at radius 3 is 2.36 bits per heavy atom. The van der Waals surface area contributed by atoms with Gasteiger partial charge in [-0.3, -0.25) is 0 Å². The summed E-state index contributed by atoms with van der Waals surface area (Å²) in [6.07, 6.45) is 5.45. The standard InChI is InChI=1S/C20H32ClN3O/c1-4-6-11-23(12-7-5-2)13-8-14-24-19-15-17(21)9-10-18(19)22-20(24)16(3)25/h9-10,15-16,25H,4-8,11-14H2,1-3H3. The lowest BCUT2D eigenvalue weighted by Gasteiger charge is -2.22. The number of nitrogens with zero attached hydrogens (tertiary/aromatic N) is 3. The molecule has 0 aliphatic carbocycles. The van der Waals surface area contributed by atoms with Crippen molar-refractivity contribution in [3.8, 4) is 0 Å². The Bertz CT molecular complexity index is 646. The number of imidazole rings is 1. The molecule has 0 amide bonds. The minimum Gasteiger partial charge on any atom is -0.385 e. The maximum atomic E-state index is 10.1.